The Morgan fingerprint density at radius 3 is 2.67 bits per heavy atom. The number of ether oxygens (including phenoxy) is 1. The van der Waals surface area contributed by atoms with Crippen molar-refractivity contribution in [1.29, 1.82) is 0 Å². The Balaban J connectivity index is 2.14. The molecule has 0 amide bonds. The summed E-state index contributed by atoms with van der Waals surface area (Å²) in [6.07, 6.45) is 5.31. The summed E-state index contributed by atoms with van der Waals surface area (Å²) in [6.45, 7) is 5.23. The topological polar surface area (TPSA) is 60.2 Å². The first-order valence-corrected chi connectivity index (χ1v) is 9.56. The van der Waals surface area contributed by atoms with Gasteiger partial charge in [0, 0.05) is 35.5 Å². The molecule has 0 bridgehead atoms. The third kappa shape index (κ3) is 4.20. The Morgan fingerprint density at radius 2 is 2.11 bits per heavy atom. The van der Waals surface area contributed by atoms with E-state index in [0.29, 0.717) is 16.3 Å². The second-order valence-corrected chi connectivity index (χ2v) is 8.19. The molecule has 1 aromatic carbocycles. The molecular formula is C20H24FN3O2S. The summed E-state index contributed by atoms with van der Waals surface area (Å²) < 4.78 is 21.6. The quantitative estimate of drug-likeness (QED) is 0.666. The number of thiazole rings is 1. The van der Waals surface area contributed by atoms with Crippen LogP contribution in [0, 0.1) is 6.92 Å². The average Bonchev–Trinajstić information content (AvgIpc) is 3.26. The zero-order valence-corrected chi connectivity index (χ0v) is 16.8. The molecule has 5 nitrogen and oxygen atoms in total. The SMILES string of the molecule is COc1ccc(CC(C)(C)F)cc1C(O)(Cn1cncc1C)c1nccs1. The Labute approximate surface area is 162 Å². The molecule has 1 unspecified atom stereocenters. The van der Waals surface area contributed by atoms with Crippen LogP contribution in [0.4, 0.5) is 4.39 Å². The first-order valence-electron chi connectivity index (χ1n) is 8.68. The molecule has 2 heterocycles. The lowest BCUT2D eigenvalue weighted by atomic mass is 9.89. The summed E-state index contributed by atoms with van der Waals surface area (Å²) in [6, 6.07) is 5.41. The second kappa shape index (κ2) is 7.40. The van der Waals surface area contributed by atoms with Crippen molar-refractivity contribution < 1.29 is 14.2 Å². The van der Waals surface area contributed by atoms with Gasteiger partial charge in [-0.15, -0.1) is 11.3 Å². The molecule has 0 saturated heterocycles. The van der Waals surface area contributed by atoms with Crippen LogP contribution in [0.2, 0.25) is 0 Å². The maximum absolute atomic E-state index is 14.2. The van der Waals surface area contributed by atoms with E-state index < -0.39 is 11.3 Å². The van der Waals surface area contributed by atoms with Gasteiger partial charge in [-0.2, -0.15) is 0 Å². The largest absolute Gasteiger partial charge is 0.496 e. The molecule has 7 heteroatoms. The van der Waals surface area contributed by atoms with Crippen molar-refractivity contribution in [2.75, 3.05) is 7.11 Å². The number of imidazole rings is 1. The van der Waals surface area contributed by atoms with Crippen molar-refractivity contribution in [2.24, 2.45) is 0 Å². The number of methoxy groups -OCH3 is 1. The Hall–Kier alpha value is -2.25. The smallest absolute Gasteiger partial charge is 0.162 e. The van der Waals surface area contributed by atoms with Crippen LogP contribution in [0.1, 0.15) is 35.7 Å². The summed E-state index contributed by atoms with van der Waals surface area (Å²) in [7, 11) is 1.56. The maximum Gasteiger partial charge on any atom is 0.162 e. The second-order valence-electron chi connectivity index (χ2n) is 7.29. The first kappa shape index (κ1) is 19.5. The highest BCUT2D eigenvalue weighted by Gasteiger charge is 2.38. The molecule has 144 valence electrons. The zero-order chi connectivity index (χ0) is 19.7. The average molecular weight is 389 g/mol. The van der Waals surface area contributed by atoms with Crippen molar-refractivity contribution in [3.05, 3.63) is 64.1 Å². The number of nitrogens with zero attached hydrogens (tertiary/aromatic N) is 3. The van der Waals surface area contributed by atoms with Crippen LogP contribution in [0.5, 0.6) is 5.75 Å². The Kier molecular flexibility index (Phi) is 5.35. The van der Waals surface area contributed by atoms with E-state index in [0.717, 1.165) is 11.3 Å². The van der Waals surface area contributed by atoms with Crippen molar-refractivity contribution in [2.45, 2.75) is 45.0 Å². The van der Waals surface area contributed by atoms with Crippen molar-refractivity contribution >= 4 is 11.3 Å². The normalized spacial score (nSPS) is 14.1. The zero-order valence-electron chi connectivity index (χ0n) is 15.9. The molecular weight excluding hydrogens is 365 g/mol. The minimum atomic E-state index is -1.43. The van der Waals surface area contributed by atoms with Crippen LogP contribution >= 0.6 is 11.3 Å². The van der Waals surface area contributed by atoms with Gasteiger partial charge < -0.3 is 14.4 Å². The van der Waals surface area contributed by atoms with E-state index in [1.165, 1.54) is 11.3 Å². The molecule has 3 rings (SSSR count). The van der Waals surface area contributed by atoms with Gasteiger partial charge in [0.15, 0.2) is 5.60 Å². The fourth-order valence-corrected chi connectivity index (χ4v) is 3.91. The summed E-state index contributed by atoms with van der Waals surface area (Å²) in [5, 5.41) is 14.2. The maximum atomic E-state index is 14.2. The van der Waals surface area contributed by atoms with Gasteiger partial charge >= 0.3 is 0 Å². The Bertz CT molecular complexity index is 902. The van der Waals surface area contributed by atoms with E-state index >= 15 is 0 Å². The van der Waals surface area contributed by atoms with Gasteiger partial charge in [0.1, 0.15) is 16.4 Å². The van der Waals surface area contributed by atoms with Crippen LogP contribution in [-0.2, 0) is 18.6 Å². The van der Waals surface area contributed by atoms with Crippen LogP contribution < -0.4 is 4.74 Å². The molecule has 1 N–H and O–H groups in total. The van der Waals surface area contributed by atoms with Gasteiger partial charge in [-0.05, 0) is 38.5 Å². The van der Waals surface area contributed by atoms with Gasteiger partial charge in [0.05, 0.1) is 20.0 Å². The number of aliphatic hydroxyl groups is 1. The number of hydrogen-bond donors (Lipinski definition) is 1. The monoisotopic (exact) mass is 389 g/mol. The van der Waals surface area contributed by atoms with E-state index in [2.05, 4.69) is 9.97 Å². The van der Waals surface area contributed by atoms with E-state index in [1.54, 1.807) is 45.7 Å². The Morgan fingerprint density at radius 1 is 1.33 bits per heavy atom. The van der Waals surface area contributed by atoms with Gasteiger partial charge in [0.25, 0.3) is 0 Å². The number of rotatable bonds is 7. The highest BCUT2D eigenvalue weighted by atomic mass is 32.1. The predicted molar refractivity (Wildman–Crippen MR) is 104 cm³/mol. The summed E-state index contributed by atoms with van der Waals surface area (Å²) in [4.78, 5) is 8.50. The minimum absolute atomic E-state index is 0.227. The fourth-order valence-electron chi connectivity index (χ4n) is 3.17. The highest BCUT2D eigenvalue weighted by molar-refractivity contribution is 7.09. The third-order valence-electron chi connectivity index (χ3n) is 4.44. The van der Waals surface area contributed by atoms with E-state index in [9.17, 15) is 9.50 Å². The lowest BCUT2D eigenvalue weighted by Crippen LogP contribution is -2.33. The van der Waals surface area contributed by atoms with Crippen LogP contribution in [-0.4, -0.2) is 32.4 Å². The van der Waals surface area contributed by atoms with Gasteiger partial charge in [-0.25, -0.2) is 14.4 Å². The standard InChI is InChI=1S/C20H24FN3O2S/c1-14-11-22-13-24(14)12-20(25,18-23-7-8-27-18)16-9-15(10-19(2,3)21)5-6-17(16)26-4/h5-9,11,13,25H,10,12H2,1-4H3. The fraction of sp³-hybridized carbons (Fsp3) is 0.400. The van der Waals surface area contributed by atoms with Gasteiger partial charge in [-0.3, -0.25) is 0 Å². The molecule has 0 aliphatic rings. The lowest BCUT2D eigenvalue weighted by Gasteiger charge is -2.30. The molecule has 27 heavy (non-hydrogen) atoms. The number of alkyl halides is 1. The molecule has 0 aliphatic carbocycles. The number of aryl methyl sites for hydroxylation is 1. The van der Waals surface area contributed by atoms with Crippen LogP contribution in [0.3, 0.4) is 0 Å². The first-order chi connectivity index (χ1) is 12.7. The molecule has 0 aliphatic heterocycles. The molecule has 0 saturated carbocycles. The molecule has 0 radical (unpaired) electrons. The van der Waals surface area contributed by atoms with Gasteiger partial charge in [0.2, 0.25) is 0 Å². The summed E-state index contributed by atoms with van der Waals surface area (Å²) in [5.41, 5.74) is -0.511. The lowest BCUT2D eigenvalue weighted by molar-refractivity contribution is 0.0575. The molecule has 0 fully saturated rings. The molecule has 0 spiro atoms. The van der Waals surface area contributed by atoms with Crippen LogP contribution in [0.15, 0.2) is 42.3 Å². The van der Waals surface area contributed by atoms with Crippen molar-refractivity contribution in [3.8, 4) is 5.75 Å². The van der Waals surface area contributed by atoms with Crippen LogP contribution in [0.25, 0.3) is 0 Å². The predicted octanol–water partition coefficient (Wildman–Crippen LogP) is 3.88. The van der Waals surface area contributed by atoms with E-state index in [-0.39, 0.29) is 13.0 Å². The third-order valence-corrected chi connectivity index (χ3v) is 5.36. The van der Waals surface area contributed by atoms with Gasteiger partial charge in [-0.1, -0.05) is 6.07 Å². The number of aromatic nitrogens is 3. The molecule has 1 atom stereocenters. The molecule has 3 aromatic rings. The summed E-state index contributed by atoms with van der Waals surface area (Å²) >= 11 is 1.37. The van der Waals surface area contributed by atoms with Crippen molar-refractivity contribution in [1.82, 2.24) is 14.5 Å². The van der Waals surface area contributed by atoms with E-state index in [4.69, 9.17) is 4.74 Å². The number of hydrogen-bond acceptors (Lipinski definition) is 5. The number of halogens is 1. The molecule has 2 aromatic heterocycles. The minimum Gasteiger partial charge on any atom is -0.496 e. The highest BCUT2D eigenvalue weighted by Crippen LogP contribution is 2.39. The summed E-state index contributed by atoms with van der Waals surface area (Å²) in [5.74, 6) is 0.533. The van der Waals surface area contributed by atoms with E-state index in [1.807, 2.05) is 29.0 Å². The van der Waals surface area contributed by atoms with Crippen molar-refractivity contribution in [3.63, 3.8) is 0 Å². The number of benzene rings is 1.